The number of halogens is 1. The van der Waals surface area contributed by atoms with Crippen molar-refractivity contribution in [2.45, 2.75) is 32.6 Å². The third-order valence-corrected chi connectivity index (χ3v) is 2.74. The molecule has 1 aromatic rings. The number of rotatable bonds is 2. The molecule has 0 fully saturated rings. The normalized spacial score (nSPS) is 11.0. The van der Waals surface area contributed by atoms with Crippen LogP contribution in [0.15, 0.2) is 12.1 Å². The number of hydrogen-bond donors (Lipinski definition) is 0. The fraction of sp³-hybridized carbons (Fsp3) is 0.462. The van der Waals surface area contributed by atoms with Gasteiger partial charge < -0.3 is 4.74 Å². The van der Waals surface area contributed by atoms with E-state index in [2.05, 4.69) is 26.8 Å². The van der Waals surface area contributed by atoms with Crippen molar-refractivity contribution in [3.8, 4) is 11.8 Å². The van der Waals surface area contributed by atoms with Gasteiger partial charge in [0, 0.05) is 5.56 Å². The second kappa shape index (κ2) is 4.76. The van der Waals surface area contributed by atoms with Gasteiger partial charge in [0.25, 0.3) is 0 Å². The van der Waals surface area contributed by atoms with Crippen molar-refractivity contribution in [1.82, 2.24) is 0 Å². The molecule has 1 rings (SSSR count). The van der Waals surface area contributed by atoms with Crippen LogP contribution >= 0.6 is 11.6 Å². The average molecular weight is 238 g/mol. The minimum atomic E-state index is 0.0140. The second-order valence-corrected chi connectivity index (χ2v) is 5.14. The molecular weight excluding hydrogens is 222 g/mol. The van der Waals surface area contributed by atoms with E-state index in [0.29, 0.717) is 17.2 Å². The molecule has 86 valence electrons. The number of ether oxygens (including phenoxy) is 1. The van der Waals surface area contributed by atoms with Gasteiger partial charge in [-0.25, -0.2) is 0 Å². The summed E-state index contributed by atoms with van der Waals surface area (Å²) in [5.74, 6) is 0.608. The van der Waals surface area contributed by atoms with Gasteiger partial charge in [-0.05, 0) is 17.0 Å². The lowest BCUT2D eigenvalue weighted by Crippen LogP contribution is -2.12. The second-order valence-electron chi connectivity index (χ2n) is 4.74. The van der Waals surface area contributed by atoms with Crippen LogP contribution in [-0.2, 0) is 11.8 Å². The highest BCUT2D eigenvalue weighted by atomic mass is 35.5. The molecule has 0 heterocycles. The maximum atomic E-state index is 8.78. The van der Waals surface area contributed by atoms with Gasteiger partial charge in [-0.3, -0.25) is 0 Å². The Hall–Kier alpha value is -1.20. The van der Waals surface area contributed by atoms with E-state index in [-0.39, 0.29) is 5.41 Å². The summed E-state index contributed by atoms with van der Waals surface area (Å²) in [6.45, 7) is 6.34. The fourth-order valence-electron chi connectivity index (χ4n) is 1.53. The van der Waals surface area contributed by atoms with Crippen molar-refractivity contribution in [3.05, 3.63) is 28.3 Å². The first-order valence-corrected chi connectivity index (χ1v) is 5.51. The molecule has 0 bridgehead atoms. The lowest BCUT2D eigenvalue weighted by molar-refractivity contribution is 0.410. The smallest absolute Gasteiger partial charge is 0.141 e. The molecule has 0 aromatic heterocycles. The zero-order valence-electron chi connectivity index (χ0n) is 10.1. The van der Waals surface area contributed by atoms with E-state index >= 15 is 0 Å². The van der Waals surface area contributed by atoms with Gasteiger partial charge >= 0.3 is 0 Å². The van der Waals surface area contributed by atoms with Gasteiger partial charge in [0.15, 0.2) is 0 Å². The average Bonchev–Trinajstić information content (AvgIpc) is 2.16. The van der Waals surface area contributed by atoms with Crippen molar-refractivity contribution in [2.75, 3.05) is 7.11 Å². The number of nitrogens with zero attached hydrogens (tertiary/aromatic N) is 1. The third-order valence-electron chi connectivity index (χ3n) is 2.46. The predicted octanol–water partition coefficient (Wildman–Crippen LogP) is 3.71. The zero-order valence-corrected chi connectivity index (χ0v) is 10.9. The molecule has 2 nitrogen and oxygen atoms in total. The molecule has 1 aromatic carbocycles. The number of benzene rings is 1. The van der Waals surface area contributed by atoms with Gasteiger partial charge in [0.1, 0.15) is 5.75 Å². The first-order valence-electron chi connectivity index (χ1n) is 5.14. The molecule has 0 saturated carbocycles. The van der Waals surface area contributed by atoms with Gasteiger partial charge in [-0.1, -0.05) is 38.4 Å². The minimum absolute atomic E-state index is 0.0140. The van der Waals surface area contributed by atoms with Crippen LogP contribution in [0.1, 0.15) is 31.9 Å². The van der Waals surface area contributed by atoms with Gasteiger partial charge in [0.05, 0.1) is 24.6 Å². The number of methoxy groups -OCH3 is 1. The lowest BCUT2D eigenvalue weighted by atomic mass is 9.85. The van der Waals surface area contributed by atoms with E-state index in [0.717, 1.165) is 11.1 Å². The summed E-state index contributed by atoms with van der Waals surface area (Å²) in [7, 11) is 1.57. The molecule has 0 radical (unpaired) electrons. The maximum Gasteiger partial charge on any atom is 0.141 e. The van der Waals surface area contributed by atoms with E-state index < -0.39 is 0 Å². The topological polar surface area (TPSA) is 33.0 Å². The first-order chi connectivity index (χ1) is 7.40. The van der Waals surface area contributed by atoms with Gasteiger partial charge in [-0.2, -0.15) is 5.26 Å². The first kappa shape index (κ1) is 12.9. The van der Waals surface area contributed by atoms with E-state index in [1.165, 1.54) is 0 Å². The van der Waals surface area contributed by atoms with Crippen LogP contribution in [0.25, 0.3) is 0 Å². The SMILES string of the molecule is COc1c(Cl)cc(C(C)(C)C)cc1CC#N. The minimum Gasteiger partial charge on any atom is -0.495 e. The molecule has 0 atom stereocenters. The highest BCUT2D eigenvalue weighted by Gasteiger charge is 2.18. The Morgan fingerprint density at radius 1 is 1.38 bits per heavy atom. The molecule has 0 amide bonds. The van der Waals surface area contributed by atoms with Crippen LogP contribution in [0.2, 0.25) is 5.02 Å². The molecule has 0 aliphatic carbocycles. The van der Waals surface area contributed by atoms with Crippen molar-refractivity contribution in [2.24, 2.45) is 0 Å². The Kier molecular flexibility index (Phi) is 3.83. The Morgan fingerprint density at radius 2 is 2.00 bits per heavy atom. The zero-order chi connectivity index (χ0) is 12.3. The van der Waals surface area contributed by atoms with Crippen molar-refractivity contribution in [3.63, 3.8) is 0 Å². The van der Waals surface area contributed by atoms with E-state index in [9.17, 15) is 0 Å². The van der Waals surface area contributed by atoms with Crippen LogP contribution in [0.5, 0.6) is 5.75 Å². The van der Waals surface area contributed by atoms with Gasteiger partial charge in [-0.15, -0.1) is 0 Å². The quantitative estimate of drug-likeness (QED) is 0.786. The Bertz CT molecular complexity index is 427. The molecule has 0 N–H and O–H groups in total. The van der Waals surface area contributed by atoms with E-state index in [1.807, 2.05) is 12.1 Å². The molecule has 3 heteroatoms. The van der Waals surface area contributed by atoms with E-state index in [4.69, 9.17) is 21.6 Å². The fourth-order valence-corrected chi connectivity index (χ4v) is 1.84. The predicted molar refractivity (Wildman–Crippen MR) is 66.0 cm³/mol. The summed E-state index contributed by atoms with van der Waals surface area (Å²) in [6.07, 6.45) is 0.312. The Morgan fingerprint density at radius 3 is 2.44 bits per heavy atom. The van der Waals surface area contributed by atoms with Crippen LogP contribution in [0, 0.1) is 11.3 Å². The summed E-state index contributed by atoms with van der Waals surface area (Å²) in [4.78, 5) is 0. The highest BCUT2D eigenvalue weighted by Crippen LogP contribution is 2.34. The van der Waals surface area contributed by atoms with Crippen LogP contribution in [-0.4, -0.2) is 7.11 Å². The summed E-state index contributed by atoms with van der Waals surface area (Å²) >= 11 is 6.14. The molecule has 0 aliphatic rings. The van der Waals surface area contributed by atoms with Crippen molar-refractivity contribution in [1.29, 1.82) is 5.26 Å². The summed E-state index contributed by atoms with van der Waals surface area (Å²) in [5.41, 5.74) is 1.98. The van der Waals surface area contributed by atoms with Crippen LogP contribution < -0.4 is 4.74 Å². The number of nitriles is 1. The molecule has 0 unspecified atom stereocenters. The third kappa shape index (κ3) is 2.68. The highest BCUT2D eigenvalue weighted by molar-refractivity contribution is 6.32. The summed E-state index contributed by atoms with van der Waals surface area (Å²) in [5, 5.41) is 9.35. The maximum absolute atomic E-state index is 8.78. The molecule has 16 heavy (non-hydrogen) atoms. The molecule has 0 saturated heterocycles. The number of hydrogen-bond acceptors (Lipinski definition) is 2. The van der Waals surface area contributed by atoms with Gasteiger partial charge in [0.2, 0.25) is 0 Å². The largest absolute Gasteiger partial charge is 0.495 e. The van der Waals surface area contributed by atoms with Crippen molar-refractivity contribution < 1.29 is 4.74 Å². The van der Waals surface area contributed by atoms with Crippen LogP contribution in [0.3, 0.4) is 0 Å². The van der Waals surface area contributed by atoms with Crippen molar-refractivity contribution >= 4 is 11.6 Å². The lowest BCUT2D eigenvalue weighted by Gasteiger charge is -2.21. The van der Waals surface area contributed by atoms with Crippen LogP contribution in [0.4, 0.5) is 0 Å². The molecule has 0 spiro atoms. The molecular formula is C13H16ClNO. The Balaban J connectivity index is 3.35. The standard InChI is InChI=1S/C13H16ClNO/c1-13(2,3)10-7-9(5-6-15)12(16-4)11(14)8-10/h7-8H,5H2,1-4H3. The summed E-state index contributed by atoms with van der Waals surface area (Å²) in [6, 6.07) is 6.02. The van der Waals surface area contributed by atoms with E-state index in [1.54, 1.807) is 7.11 Å². The molecule has 0 aliphatic heterocycles. The monoisotopic (exact) mass is 237 g/mol. The summed E-state index contributed by atoms with van der Waals surface area (Å²) < 4.78 is 5.21. The Labute approximate surface area is 102 Å².